The summed E-state index contributed by atoms with van der Waals surface area (Å²) in [4.78, 5) is 12.5. The Balaban J connectivity index is 1.61. The molecular weight excluding hydrogens is 460 g/mol. The number of aryl methyl sites for hydroxylation is 1. The monoisotopic (exact) mass is 482 g/mol. The van der Waals surface area contributed by atoms with E-state index in [-0.39, 0.29) is 11.7 Å². The Kier molecular flexibility index (Phi) is 7.20. The standard InChI is InChI=1S/C22H22N6O3S2/c1-4-19-24-26-21(33-19)23-18(29)13-32-22-27-25-20(28(22)15-8-6-5-7-9-15)14-10-11-16(30-2)17(12-14)31-3/h5-12H,4,13H2,1-3H3,(H,23,26,29). The highest BCUT2D eigenvalue weighted by Crippen LogP contribution is 2.34. The highest BCUT2D eigenvalue weighted by atomic mass is 32.2. The fourth-order valence-electron chi connectivity index (χ4n) is 3.07. The Morgan fingerprint density at radius 3 is 2.52 bits per heavy atom. The summed E-state index contributed by atoms with van der Waals surface area (Å²) < 4.78 is 12.7. The smallest absolute Gasteiger partial charge is 0.236 e. The number of carbonyl (C=O) groups excluding carboxylic acids is 1. The van der Waals surface area contributed by atoms with Crippen LogP contribution in [0.2, 0.25) is 0 Å². The first kappa shape index (κ1) is 22.7. The number of para-hydroxylation sites is 1. The minimum atomic E-state index is -0.186. The van der Waals surface area contributed by atoms with E-state index in [1.165, 1.54) is 23.1 Å². The lowest BCUT2D eigenvalue weighted by Gasteiger charge is -2.12. The SMILES string of the molecule is CCc1nnc(NC(=O)CSc2nnc(-c3ccc(OC)c(OC)c3)n2-c2ccccc2)s1. The van der Waals surface area contributed by atoms with E-state index >= 15 is 0 Å². The second-order valence-electron chi connectivity index (χ2n) is 6.74. The molecule has 0 aliphatic carbocycles. The molecule has 33 heavy (non-hydrogen) atoms. The molecule has 0 radical (unpaired) electrons. The summed E-state index contributed by atoms with van der Waals surface area (Å²) >= 11 is 2.66. The zero-order valence-electron chi connectivity index (χ0n) is 18.3. The van der Waals surface area contributed by atoms with Gasteiger partial charge in [0.25, 0.3) is 0 Å². The number of aromatic nitrogens is 5. The Morgan fingerprint density at radius 2 is 1.82 bits per heavy atom. The second-order valence-corrected chi connectivity index (χ2v) is 8.74. The van der Waals surface area contributed by atoms with Gasteiger partial charge in [0.2, 0.25) is 11.0 Å². The molecule has 9 nitrogen and oxygen atoms in total. The molecule has 2 heterocycles. The molecule has 0 unspecified atom stereocenters. The Labute approximate surface area is 199 Å². The van der Waals surface area contributed by atoms with Gasteiger partial charge in [0.05, 0.1) is 20.0 Å². The zero-order valence-corrected chi connectivity index (χ0v) is 19.9. The molecular formula is C22H22N6O3S2. The number of ether oxygens (including phenoxy) is 2. The maximum atomic E-state index is 12.5. The number of carbonyl (C=O) groups is 1. The molecule has 1 amide bonds. The molecule has 11 heteroatoms. The molecule has 4 rings (SSSR count). The summed E-state index contributed by atoms with van der Waals surface area (Å²) in [7, 11) is 3.18. The molecule has 0 saturated heterocycles. The first-order chi connectivity index (χ1) is 16.1. The van der Waals surface area contributed by atoms with E-state index in [1.54, 1.807) is 14.2 Å². The summed E-state index contributed by atoms with van der Waals surface area (Å²) in [6.07, 6.45) is 0.779. The molecule has 0 bridgehead atoms. The van der Waals surface area contributed by atoms with Crippen molar-refractivity contribution in [3.05, 3.63) is 53.5 Å². The first-order valence-electron chi connectivity index (χ1n) is 10.1. The quantitative estimate of drug-likeness (QED) is 0.356. The van der Waals surface area contributed by atoms with Crippen LogP contribution in [-0.4, -0.2) is 50.8 Å². The van der Waals surface area contributed by atoms with E-state index in [0.29, 0.717) is 27.6 Å². The molecule has 0 fully saturated rings. The molecule has 4 aromatic rings. The number of anilines is 1. The average molecular weight is 483 g/mol. The zero-order chi connectivity index (χ0) is 23.2. The normalized spacial score (nSPS) is 10.8. The van der Waals surface area contributed by atoms with Crippen molar-refractivity contribution in [1.82, 2.24) is 25.0 Å². The van der Waals surface area contributed by atoms with E-state index in [1.807, 2.05) is 60.0 Å². The maximum Gasteiger partial charge on any atom is 0.236 e. The predicted octanol–water partition coefficient (Wildman–Crippen LogP) is 4.10. The van der Waals surface area contributed by atoms with Crippen LogP contribution < -0.4 is 14.8 Å². The van der Waals surface area contributed by atoms with Crippen LogP contribution in [0.5, 0.6) is 11.5 Å². The number of amides is 1. The van der Waals surface area contributed by atoms with Crippen molar-refractivity contribution in [1.29, 1.82) is 0 Å². The maximum absolute atomic E-state index is 12.5. The highest BCUT2D eigenvalue weighted by Gasteiger charge is 2.19. The number of hydrogen-bond donors (Lipinski definition) is 1. The van der Waals surface area contributed by atoms with E-state index in [2.05, 4.69) is 25.7 Å². The van der Waals surface area contributed by atoms with Gasteiger partial charge in [0.1, 0.15) is 5.01 Å². The summed E-state index contributed by atoms with van der Waals surface area (Å²) in [5.41, 5.74) is 1.69. The van der Waals surface area contributed by atoms with Crippen LogP contribution in [0, 0.1) is 0 Å². The third-order valence-corrected chi connectivity index (χ3v) is 6.55. The third kappa shape index (κ3) is 5.15. The minimum Gasteiger partial charge on any atom is -0.493 e. The average Bonchev–Trinajstić information content (AvgIpc) is 3.49. The fourth-order valence-corrected chi connectivity index (χ4v) is 4.52. The van der Waals surface area contributed by atoms with E-state index < -0.39 is 0 Å². The molecule has 2 aromatic heterocycles. The number of nitrogens with zero attached hydrogens (tertiary/aromatic N) is 5. The van der Waals surface area contributed by atoms with Gasteiger partial charge in [-0.3, -0.25) is 14.7 Å². The van der Waals surface area contributed by atoms with Gasteiger partial charge in [-0.2, -0.15) is 0 Å². The van der Waals surface area contributed by atoms with Gasteiger partial charge < -0.3 is 9.47 Å². The van der Waals surface area contributed by atoms with E-state index in [9.17, 15) is 4.79 Å². The summed E-state index contributed by atoms with van der Waals surface area (Å²) in [6.45, 7) is 1.99. The van der Waals surface area contributed by atoms with E-state index in [4.69, 9.17) is 9.47 Å². The number of methoxy groups -OCH3 is 2. The van der Waals surface area contributed by atoms with Crippen LogP contribution in [0.3, 0.4) is 0 Å². The largest absolute Gasteiger partial charge is 0.493 e. The van der Waals surface area contributed by atoms with Crippen LogP contribution in [-0.2, 0) is 11.2 Å². The van der Waals surface area contributed by atoms with Gasteiger partial charge in [0, 0.05) is 11.3 Å². The topological polar surface area (TPSA) is 104 Å². The highest BCUT2D eigenvalue weighted by molar-refractivity contribution is 7.99. The molecule has 0 aliphatic heterocycles. The van der Waals surface area contributed by atoms with Crippen molar-refractivity contribution in [2.45, 2.75) is 18.5 Å². The molecule has 170 valence electrons. The predicted molar refractivity (Wildman–Crippen MR) is 129 cm³/mol. The lowest BCUT2D eigenvalue weighted by Crippen LogP contribution is -2.14. The van der Waals surface area contributed by atoms with Gasteiger partial charge >= 0.3 is 0 Å². The lowest BCUT2D eigenvalue weighted by atomic mass is 10.2. The van der Waals surface area contributed by atoms with Crippen LogP contribution in [0.1, 0.15) is 11.9 Å². The van der Waals surface area contributed by atoms with Crippen molar-refractivity contribution in [3.63, 3.8) is 0 Å². The molecule has 1 N–H and O–H groups in total. The van der Waals surface area contributed by atoms with Crippen molar-refractivity contribution >= 4 is 34.1 Å². The fraction of sp³-hybridized carbons (Fsp3) is 0.227. The summed E-state index contributed by atoms with van der Waals surface area (Å²) in [5, 5.41) is 21.5. The van der Waals surface area contributed by atoms with Crippen LogP contribution in [0.4, 0.5) is 5.13 Å². The number of benzene rings is 2. The molecule has 0 saturated carbocycles. The lowest BCUT2D eigenvalue weighted by molar-refractivity contribution is -0.113. The van der Waals surface area contributed by atoms with Gasteiger partial charge in [-0.1, -0.05) is 48.2 Å². The number of thioether (sulfide) groups is 1. The molecule has 0 atom stereocenters. The van der Waals surface area contributed by atoms with Crippen LogP contribution >= 0.6 is 23.1 Å². The van der Waals surface area contributed by atoms with Crippen molar-refractivity contribution in [2.75, 3.05) is 25.3 Å². The Hall–Kier alpha value is -3.44. The number of rotatable bonds is 9. The van der Waals surface area contributed by atoms with Gasteiger partial charge in [0.15, 0.2) is 22.5 Å². The number of nitrogens with one attached hydrogen (secondary N) is 1. The van der Waals surface area contributed by atoms with Crippen LogP contribution in [0.15, 0.2) is 53.7 Å². The second kappa shape index (κ2) is 10.5. The molecule has 0 aliphatic rings. The minimum absolute atomic E-state index is 0.151. The van der Waals surface area contributed by atoms with Crippen molar-refractivity contribution in [3.8, 4) is 28.6 Å². The summed E-state index contributed by atoms with van der Waals surface area (Å²) in [5.74, 6) is 1.81. The van der Waals surface area contributed by atoms with Crippen molar-refractivity contribution in [2.24, 2.45) is 0 Å². The summed E-state index contributed by atoms with van der Waals surface area (Å²) in [6, 6.07) is 15.3. The third-order valence-electron chi connectivity index (χ3n) is 4.64. The van der Waals surface area contributed by atoms with Gasteiger partial charge in [-0.25, -0.2) is 0 Å². The Morgan fingerprint density at radius 1 is 1.03 bits per heavy atom. The van der Waals surface area contributed by atoms with E-state index in [0.717, 1.165) is 22.7 Å². The Bertz CT molecular complexity index is 1240. The van der Waals surface area contributed by atoms with Gasteiger partial charge in [-0.05, 0) is 36.8 Å². The number of hydrogen-bond acceptors (Lipinski definition) is 9. The molecule has 2 aromatic carbocycles. The van der Waals surface area contributed by atoms with Crippen LogP contribution in [0.25, 0.3) is 17.1 Å². The first-order valence-corrected chi connectivity index (χ1v) is 11.9. The van der Waals surface area contributed by atoms with Crippen molar-refractivity contribution < 1.29 is 14.3 Å². The van der Waals surface area contributed by atoms with Gasteiger partial charge in [-0.15, -0.1) is 20.4 Å². The molecule has 0 spiro atoms.